The summed E-state index contributed by atoms with van der Waals surface area (Å²) in [6.45, 7) is 43.6. The van der Waals surface area contributed by atoms with Gasteiger partial charge in [-0.1, -0.05) is 68.2 Å². The van der Waals surface area contributed by atoms with Crippen LogP contribution in [0.2, 0.25) is 0 Å². The van der Waals surface area contributed by atoms with Gasteiger partial charge in [0, 0.05) is 137 Å². The Hall–Kier alpha value is -6.18. The molecule has 0 spiro atoms. The van der Waals surface area contributed by atoms with Gasteiger partial charge in [-0.25, -0.2) is 0 Å². The molecular weight excluding hydrogens is 1080 g/mol. The lowest BCUT2D eigenvalue weighted by atomic mass is 10.0. The van der Waals surface area contributed by atoms with Crippen LogP contribution in [0.25, 0.3) is 0 Å². The summed E-state index contributed by atoms with van der Waals surface area (Å²) in [6, 6.07) is 22.6. The molecule has 0 aliphatic heterocycles. The molecule has 0 saturated heterocycles. The molecule has 0 radical (unpaired) electrons. The van der Waals surface area contributed by atoms with Crippen molar-refractivity contribution in [3.8, 4) is 0 Å². The fourth-order valence-corrected chi connectivity index (χ4v) is 10.8. The predicted octanol–water partition coefficient (Wildman–Crippen LogP) is 20.1. The Morgan fingerprint density at radius 3 is 0.859 bits per heavy atom. The van der Waals surface area contributed by atoms with Gasteiger partial charge in [-0.15, -0.1) is 0 Å². The number of nitrogens with zero attached hydrogens (tertiary/aromatic N) is 8. The average molecular weight is 1190 g/mol. The van der Waals surface area contributed by atoms with E-state index in [0.29, 0.717) is 35.8 Å². The van der Waals surface area contributed by atoms with E-state index in [2.05, 4.69) is 287 Å². The molecule has 8 heterocycles. The van der Waals surface area contributed by atoms with Gasteiger partial charge in [-0.05, 0) is 221 Å². The zero-order chi connectivity index (χ0) is 65.5. The number of rotatable bonds is 5. The first-order valence-corrected chi connectivity index (χ1v) is 30.2. The minimum absolute atomic E-state index is 0.0833. The van der Waals surface area contributed by atoms with E-state index >= 15 is 0 Å². The monoisotopic (exact) mass is 1190 g/mol. The van der Waals surface area contributed by atoms with Gasteiger partial charge in [0.15, 0.2) is 0 Å². The zero-order valence-electron chi connectivity index (χ0n) is 57.6. The predicted molar refractivity (Wildman–Crippen MR) is 348 cm³/mol. The molecule has 476 valence electrons. The second kappa shape index (κ2) is 32.5. The summed E-state index contributed by atoms with van der Waals surface area (Å²) in [5.74, 6) is 3.38. The van der Waals surface area contributed by atoms with Crippen molar-refractivity contribution in [1.29, 1.82) is 0 Å². The highest BCUT2D eigenvalue weighted by Crippen LogP contribution is 2.37. The van der Waals surface area contributed by atoms with E-state index in [0.717, 1.165) is 13.0 Å². The third-order valence-electron chi connectivity index (χ3n) is 17.5. The van der Waals surface area contributed by atoms with Crippen LogP contribution < -0.4 is 0 Å². The number of hydrogen-bond donors (Lipinski definition) is 0. The zero-order valence-corrected chi connectivity index (χ0v) is 57.6. The summed E-state index contributed by atoms with van der Waals surface area (Å²) in [4.78, 5) is 0. The van der Waals surface area contributed by atoms with Crippen LogP contribution in [0.4, 0.5) is 26.3 Å². The molecule has 1 aliphatic rings. The summed E-state index contributed by atoms with van der Waals surface area (Å²) >= 11 is 0. The van der Waals surface area contributed by atoms with Crippen molar-refractivity contribution in [1.82, 2.24) is 36.5 Å². The van der Waals surface area contributed by atoms with Crippen molar-refractivity contribution < 1.29 is 26.3 Å². The lowest BCUT2D eigenvalue weighted by Crippen LogP contribution is -2.16. The number of aryl methyl sites for hydroxylation is 8. The smallest absolute Gasteiger partial charge is 0.354 e. The molecule has 85 heavy (non-hydrogen) atoms. The van der Waals surface area contributed by atoms with Crippen LogP contribution in [0, 0.1) is 83.1 Å². The van der Waals surface area contributed by atoms with E-state index in [1.807, 2.05) is 0 Å². The highest BCUT2D eigenvalue weighted by atomic mass is 19.4. The second-order valence-electron chi connectivity index (χ2n) is 24.7. The topological polar surface area (TPSA) is 39.4 Å². The molecule has 14 heteroatoms. The maximum Gasteiger partial charge on any atom is 0.431 e. The van der Waals surface area contributed by atoms with Crippen LogP contribution in [0.1, 0.15) is 218 Å². The number of hydrogen-bond acceptors (Lipinski definition) is 0. The van der Waals surface area contributed by atoms with Crippen molar-refractivity contribution >= 4 is 0 Å². The Labute approximate surface area is 509 Å². The Morgan fingerprint density at radius 1 is 0.353 bits per heavy atom. The lowest BCUT2D eigenvalue weighted by Gasteiger charge is -2.12. The van der Waals surface area contributed by atoms with E-state index in [1.165, 1.54) is 116 Å². The van der Waals surface area contributed by atoms with Gasteiger partial charge < -0.3 is 36.5 Å². The normalized spacial score (nSPS) is 12.3. The van der Waals surface area contributed by atoms with Crippen molar-refractivity contribution in [2.45, 2.75) is 206 Å². The SMILES string of the molecule is CC(C)c1ccc(C(C)C)n1C.Cc1c(C)c(C)n(C)c1C.Cc1ccc(C(C)C)n1C.Cc1ccc(C)n1C.Cc1ccc(C)n1C.Cc1ccc(C2CCCC2)n1C.Cc1cn(C)c(C(C)C)c1C.Cn1c(C(F)(F)F)ccc1C(F)(F)F. The first-order chi connectivity index (χ1) is 39.1. The summed E-state index contributed by atoms with van der Waals surface area (Å²) < 4.78 is 88.2. The fourth-order valence-electron chi connectivity index (χ4n) is 10.8. The van der Waals surface area contributed by atoms with Crippen molar-refractivity contribution in [2.24, 2.45) is 56.4 Å². The van der Waals surface area contributed by atoms with Gasteiger partial charge in [0.2, 0.25) is 0 Å². The minimum atomic E-state index is -4.77. The molecule has 8 aromatic rings. The van der Waals surface area contributed by atoms with Crippen LogP contribution in [0.3, 0.4) is 0 Å². The molecule has 0 bridgehead atoms. The second-order valence-corrected chi connectivity index (χ2v) is 24.7. The largest absolute Gasteiger partial charge is 0.431 e. The molecule has 1 saturated carbocycles. The number of aromatic nitrogens is 8. The first-order valence-electron chi connectivity index (χ1n) is 30.2. The third kappa shape index (κ3) is 20.8. The maximum absolute atomic E-state index is 12.1. The average Bonchev–Trinajstić information content (AvgIpc) is 3.64. The highest BCUT2D eigenvalue weighted by molar-refractivity contribution is 5.35. The molecule has 1 aliphatic carbocycles. The van der Waals surface area contributed by atoms with E-state index < -0.39 is 23.7 Å². The molecule has 0 atom stereocenters. The van der Waals surface area contributed by atoms with E-state index in [-0.39, 0.29) is 4.57 Å². The summed E-state index contributed by atoms with van der Waals surface area (Å²) in [5.41, 5.74) is 21.1. The van der Waals surface area contributed by atoms with Crippen molar-refractivity contribution in [3.05, 3.63) is 187 Å². The summed E-state index contributed by atoms with van der Waals surface area (Å²) in [6.07, 6.45) is -1.68. The molecule has 0 amide bonds. The summed E-state index contributed by atoms with van der Waals surface area (Å²) in [5, 5.41) is 0. The Bertz CT molecular complexity index is 3050. The molecule has 0 unspecified atom stereocenters. The van der Waals surface area contributed by atoms with Gasteiger partial charge >= 0.3 is 12.4 Å². The Balaban J connectivity index is 0.000000333. The third-order valence-corrected chi connectivity index (χ3v) is 17.5. The van der Waals surface area contributed by atoms with Gasteiger partial charge in [-0.2, -0.15) is 26.3 Å². The molecule has 8 aromatic heterocycles. The molecule has 8 nitrogen and oxygen atoms in total. The van der Waals surface area contributed by atoms with Gasteiger partial charge in [0.25, 0.3) is 0 Å². The lowest BCUT2D eigenvalue weighted by molar-refractivity contribution is -0.152. The standard InChI is InChI=1S/C11H17N.C11H19N.C10H17N.2C9H15N.C7H5F6N.2C7H11N/c1-9-7-8-11(12(9)2)10-5-3-4-6-10;1-8(2)10-6-7-11(9(3)4)12(10)5;1-7(2)10-9(4)8(3)6-11(10)5;1-7(2)9-6-5-8(3)10(9)4;1-6-7(2)9(4)10(5)8(6)3;1-14-4(6(8,9)10)2-3-5(14)7(11,12)13;2*1-6-4-5-7(2)8(6)3/h7-8,10H,3-6H2,1-2H3;6-9H,1-5H3;6-7H,1-5H3;5-7H,1-4H3;1-5H3;2-3H,1H3;2*4-5H,1-3H3. The van der Waals surface area contributed by atoms with Gasteiger partial charge in [0.05, 0.1) is 0 Å². The van der Waals surface area contributed by atoms with E-state index in [4.69, 9.17) is 0 Å². The van der Waals surface area contributed by atoms with Crippen LogP contribution in [0.5, 0.6) is 0 Å². The maximum atomic E-state index is 12.1. The van der Waals surface area contributed by atoms with Crippen molar-refractivity contribution in [2.75, 3.05) is 0 Å². The minimum Gasteiger partial charge on any atom is -0.354 e. The van der Waals surface area contributed by atoms with Gasteiger partial charge in [-0.3, -0.25) is 0 Å². The quantitative estimate of drug-likeness (QED) is 0.154. The van der Waals surface area contributed by atoms with Crippen molar-refractivity contribution in [3.63, 3.8) is 0 Å². The number of halogens is 6. The van der Waals surface area contributed by atoms with Crippen LogP contribution in [-0.4, -0.2) is 36.5 Å². The van der Waals surface area contributed by atoms with E-state index in [9.17, 15) is 26.3 Å². The molecule has 9 rings (SSSR count). The molecular formula is C71H110F6N8. The molecule has 1 fully saturated rings. The fraction of sp³-hybridized carbons (Fsp3) is 0.549. The highest BCUT2D eigenvalue weighted by Gasteiger charge is 2.40. The molecule has 0 aromatic carbocycles. The Kier molecular flexibility index (Phi) is 28.7. The van der Waals surface area contributed by atoms with Crippen LogP contribution >= 0.6 is 0 Å². The number of alkyl halides is 6. The summed E-state index contributed by atoms with van der Waals surface area (Å²) in [7, 11) is 15.6. The van der Waals surface area contributed by atoms with Crippen LogP contribution in [-0.2, 0) is 68.7 Å². The van der Waals surface area contributed by atoms with Gasteiger partial charge in [0.1, 0.15) is 11.4 Å². The van der Waals surface area contributed by atoms with Crippen LogP contribution in [0.15, 0.2) is 79.0 Å². The van der Waals surface area contributed by atoms with E-state index in [1.54, 1.807) is 5.69 Å². The molecule has 0 N–H and O–H groups in total. The first kappa shape index (κ1) is 74.9. The Morgan fingerprint density at radius 2 is 0.671 bits per heavy atom.